The van der Waals surface area contributed by atoms with Crippen LogP contribution in [0.3, 0.4) is 0 Å². The van der Waals surface area contributed by atoms with Gasteiger partial charge in [-0.3, -0.25) is 0 Å². The van der Waals surface area contributed by atoms with E-state index in [-0.39, 0.29) is 0 Å². The Labute approximate surface area is 119 Å². The van der Waals surface area contributed by atoms with Gasteiger partial charge in [-0.25, -0.2) is 0 Å². The molecule has 6 heteroatoms. The van der Waals surface area contributed by atoms with Crippen molar-refractivity contribution in [1.29, 1.82) is 0 Å². The zero-order chi connectivity index (χ0) is 14.7. The van der Waals surface area contributed by atoms with E-state index in [0.29, 0.717) is 12.8 Å². The lowest BCUT2D eigenvalue weighted by Gasteiger charge is -2.38. The van der Waals surface area contributed by atoms with Crippen molar-refractivity contribution in [3.63, 3.8) is 0 Å². The van der Waals surface area contributed by atoms with Gasteiger partial charge in [0.1, 0.15) is 36.6 Å². The number of fused-ring (bicyclic) bond motifs is 2. The van der Waals surface area contributed by atoms with Crippen LogP contribution in [-0.4, -0.2) is 58.4 Å². The van der Waals surface area contributed by atoms with Crippen molar-refractivity contribution in [2.45, 2.75) is 88.7 Å². The van der Waals surface area contributed by atoms with Crippen LogP contribution in [0.25, 0.3) is 0 Å². The molecule has 1 saturated carbocycles. The van der Waals surface area contributed by atoms with E-state index in [1.54, 1.807) is 0 Å². The molecule has 8 atom stereocenters. The summed E-state index contributed by atoms with van der Waals surface area (Å²) in [5.41, 5.74) is 0. The number of aliphatic hydroxyl groups is 2. The average Bonchev–Trinajstić information content (AvgIpc) is 2.96. The highest BCUT2D eigenvalue weighted by Gasteiger charge is 2.63. The summed E-state index contributed by atoms with van der Waals surface area (Å²) in [7, 11) is 0. The summed E-state index contributed by atoms with van der Waals surface area (Å²) in [6.45, 7) is 7.52. The summed E-state index contributed by atoms with van der Waals surface area (Å²) in [4.78, 5) is 0. The van der Waals surface area contributed by atoms with Gasteiger partial charge in [0.2, 0.25) is 0 Å². The first-order valence-corrected chi connectivity index (χ1v) is 7.40. The van der Waals surface area contributed by atoms with E-state index < -0.39 is 48.2 Å². The van der Waals surface area contributed by atoms with Crippen LogP contribution in [0.5, 0.6) is 0 Å². The highest BCUT2D eigenvalue weighted by Crippen LogP contribution is 2.45. The second kappa shape index (κ2) is 4.63. The monoisotopic (exact) mass is 288 g/mol. The first-order valence-electron chi connectivity index (χ1n) is 7.40. The van der Waals surface area contributed by atoms with Crippen LogP contribution in [0.4, 0.5) is 0 Å². The quantitative estimate of drug-likeness (QED) is 0.772. The fraction of sp³-hybridized carbons (Fsp3) is 1.00. The Morgan fingerprint density at radius 1 is 0.700 bits per heavy atom. The van der Waals surface area contributed by atoms with Gasteiger partial charge in [0, 0.05) is 0 Å². The second-order valence-electron chi connectivity index (χ2n) is 6.29. The average molecular weight is 288 g/mol. The molecule has 3 rings (SSSR count). The standard InChI is InChI=1S/C14H24O6/c1-5-13(3)17-9-7(15)11-12(8(16)10(9)18-13)20-14(4,6-2)19-11/h7-12,15-16H,5-6H2,1-4H3/t7?,8?,9-,10-,11-,12+,13?,14?/m0/s1. The Bertz CT molecular complexity index is 326. The van der Waals surface area contributed by atoms with E-state index >= 15 is 0 Å². The third-order valence-corrected chi connectivity index (χ3v) is 4.82. The van der Waals surface area contributed by atoms with Gasteiger partial charge < -0.3 is 29.2 Å². The van der Waals surface area contributed by atoms with E-state index in [2.05, 4.69) is 0 Å². The highest BCUT2D eigenvalue weighted by atomic mass is 16.8. The summed E-state index contributed by atoms with van der Waals surface area (Å²) < 4.78 is 23.3. The maximum atomic E-state index is 10.5. The third-order valence-electron chi connectivity index (χ3n) is 4.82. The molecule has 2 saturated heterocycles. The van der Waals surface area contributed by atoms with E-state index in [9.17, 15) is 10.2 Å². The number of rotatable bonds is 2. The number of hydrogen-bond donors (Lipinski definition) is 2. The first-order chi connectivity index (χ1) is 9.32. The molecule has 2 heterocycles. The van der Waals surface area contributed by atoms with Crippen molar-refractivity contribution in [3.8, 4) is 0 Å². The van der Waals surface area contributed by atoms with Crippen molar-refractivity contribution in [2.24, 2.45) is 0 Å². The van der Waals surface area contributed by atoms with Crippen LogP contribution in [0.15, 0.2) is 0 Å². The van der Waals surface area contributed by atoms with Gasteiger partial charge in [0.15, 0.2) is 11.6 Å². The minimum absolute atomic E-state index is 0.584. The lowest BCUT2D eigenvalue weighted by molar-refractivity contribution is -0.197. The van der Waals surface area contributed by atoms with Crippen molar-refractivity contribution >= 4 is 0 Å². The minimum Gasteiger partial charge on any atom is -0.387 e. The molecule has 3 fully saturated rings. The number of ether oxygens (including phenoxy) is 4. The zero-order valence-electron chi connectivity index (χ0n) is 12.4. The fourth-order valence-electron chi connectivity index (χ4n) is 3.24. The van der Waals surface area contributed by atoms with Gasteiger partial charge in [-0.1, -0.05) is 13.8 Å². The molecule has 6 nitrogen and oxygen atoms in total. The lowest BCUT2D eigenvalue weighted by Crippen LogP contribution is -2.61. The molecule has 3 aliphatic rings. The molecule has 2 aliphatic heterocycles. The molecule has 0 aromatic carbocycles. The first kappa shape index (κ1) is 14.7. The van der Waals surface area contributed by atoms with E-state index in [0.717, 1.165) is 0 Å². The molecule has 116 valence electrons. The molecule has 1 aliphatic carbocycles. The lowest BCUT2D eigenvalue weighted by atomic mass is 9.85. The van der Waals surface area contributed by atoms with Crippen LogP contribution >= 0.6 is 0 Å². The highest BCUT2D eigenvalue weighted by molar-refractivity contribution is 5.07. The Kier molecular flexibility index (Phi) is 3.40. The predicted octanol–water partition coefficient (Wildman–Crippen LogP) is 0.542. The summed E-state index contributed by atoms with van der Waals surface area (Å²) in [5, 5.41) is 21.0. The fourth-order valence-corrected chi connectivity index (χ4v) is 3.24. The Hall–Kier alpha value is -0.240. The van der Waals surface area contributed by atoms with Crippen LogP contribution in [0.1, 0.15) is 40.5 Å². The van der Waals surface area contributed by atoms with Crippen molar-refractivity contribution < 1.29 is 29.2 Å². The molecule has 0 aromatic heterocycles. The third kappa shape index (κ3) is 2.01. The van der Waals surface area contributed by atoms with Crippen molar-refractivity contribution in [1.82, 2.24) is 0 Å². The van der Waals surface area contributed by atoms with Gasteiger partial charge >= 0.3 is 0 Å². The topological polar surface area (TPSA) is 77.4 Å². The van der Waals surface area contributed by atoms with E-state index in [4.69, 9.17) is 18.9 Å². The minimum atomic E-state index is -0.866. The van der Waals surface area contributed by atoms with Crippen LogP contribution in [0.2, 0.25) is 0 Å². The molecular weight excluding hydrogens is 264 g/mol. The van der Waals surface area contributed by atoms with Gasteiger partial charge in [0.25, 0.3) is 0 Å². The van der Waals surface area contributed by atoms with Crippen LogP contribution < -0.4 is 0 Å². The maximum Gasteiger partial charge on any atom is 0.166 e. The molecule has 20 heavy (non-hydrogen) atoms. The summed E-state index contributed by atoms with van der Waals surface area (Å²) >= 11 is 0. The summed E-state index contributed by atoms with van der Waals surface area (Å²) in [6, 6.07) is 0. The molecule has 0 radical (unpaired) electrons. The van der Waals surface area contributed by atoms with Gasteiger partial charge in [-0.2, -0.15) is 0 Å². The van der Waals surface area contributed by atoms with Crippen LogP contribution in [0, 0.1) is 0 Å². The Morgan fingerprint density at radius 3 is 1.15 bits per heavy atom. The van der Waals surface area contributed by atoms with Gasteiger partial charge in [-0.15, -0.1) is 0 Å². The van der Waals surface area contributed by atoms with Crippen molar-refractivity contribution in [2.75, 3.05) is 0 Å². The van der Waals surface area contributed by atoms with E-state index in [1.165, 1.54) is 0 Å². The molecule has 0 spiro atoms. The zero-order valence-corrected chi connectivity index (χ0v) is 12.4. The SMILES string of the molecule is CCC1(C)O[C@@H]2C(O)[C@@H]3OC(C)(CC)O[C@H]3C(O)[C@@H]2O1. The van der Waals surface area contributed by atoms with Crippen molar-refractivity contribution in [3.05, 3.63) is 0 Å². The second-order valence-corrected chi connectivity index (χ2v) is 6.29. The molecule has 0 bridgehead atoms. The molecule has 0 aromatic rings. The van der Waals surface area contributed by atoms with Gasteiger partial charge in [-0.05, 0) is 26.7 Å². The number of hydrogen-bond acceptors (Lipinski definition) is 6. The summed E-state index contributed by atoms with van der Waals surface area (Å²) in [6.07, 6.45) is -2.78. The maximum absolute atomic E-state index is 10.5. The molecule has 0 amide bonds. The normalized spacial score (nSPS) is 58.5. The predicted molar refractivity (Wildman–Crippen MR) is 68.9 cm³/mol. The largest absolute Gasteiger partial charge is 0.387 e. The van der Waals surface area contributed by atoms with Gasteiger partial charge in [0.05, 0.1) is 0 Å². The number of aliphatic hydroxyl groups excluding tert-OH is 2. The smallest absolute Gasteiger partial charge is 0.166 e. The molecule has 4 unspecified atom stereocenters. The summed E-state index contributed by atoms with van der Waals surface area (Å²) in [5.74, 6) is -1.55. The molecule has 2 N–H and O–H groups in total. The Balaban J connectivity index is 1.85. The molecular formula is C14H24O6. The Morgan fingerprint density at radius 2 is 0.950 bits per heavy atom. The van der Waals surface area contributed by atoms with Crippen LogP contribution in [-0.2, 0) is 18.9 Å². The van der Waals surface area contributed by atoms with E-state index in [1.807, 2.05) is 27.7 Å².